The molecule has 0 atom stereocenters. The van der Waals surface area contributed by atoms with Crippen molar-refractivity contribution in [2.75, 3.05) is 0 Å². The van der Waals surface area contributed by atoms with Gasteiger partial charge in [0.15, 0.2) is 0 Å². The number of rotatable bonds is 0. The highest BCUT2D eigenvalue weighted by molar-refractivity contribution is 5.72. The standard InChI is InChI=1S/CH6N4O.H3N/c2-4-1(6)5-3;/h2-3H2,(H2,4,5,6);1H3. The van der Waals surface area contributed by atoms with E-state index in [0.717, 1.165) is 0 Å². The average molecular weight is 107 g/mol. The number of hydrazine groups is 2. The highest BCUT2D eigenvalue weighted by Gasteiger charge is 1.82. The summed E-state index contributed by atoms with van der Waals surface area (Å²) in [6.45, 7) is 0. The van der Waals surface area contributed by atoms with Crippen molar-refractivity contribution < 1.29 is 4.79 Å². The van der Waals surface area contributed by atoms with Crippen molar-refractivity contribution in [2.45, 2.75) is 0 Å². The zero-order valence-electron chi connectivity index (χ0n) is 3.77. The van der Waals surface area contributed by atoms with E-state index in [9.17, 15) is 4.79 Å². The van der Waals surface area contributed by atoms with E-state index in [-0.39, 0.29) is 6.15 Å². The number of nitrogens with two attached hydrogens (primary N) is 2. The van der Waals surface area contributed by atoms with Crippen molar-refractivity contribution >= 4 is 6.03 Å². The molecule has 0 aliphatic rings. The Hall–Kier alpha value is -0.850. The highest BCUT2D eigenvalue weighted by Crippen LogP contribution is 1.42. The number of carbonyl (C=O) groups excluding carboxylic acids is 1. The minimum Gasteiger partial charge on any atom is -0.344 e. The molecule has 0 spiro atoms. The van der Waals surface area contributed by atoms with Crippen LogP contribution in [0, 0.1) is 0 Å². The molecule has 0 rings (SSSR count). The van der Waals surface area contributed by atoms with Crippen LogP contribution in [0.1, 0.15) is 0 Å². The molecule has 9 N–H and O–H groups in total. The Morgan fingerprint density at radius 2 is 1.57 bits per heavy atom. The summed E-state index contributed by atoms with van der Waals surface area (Å²) in [7, 11) is 0. The zero-order chi connectivity index (χ0) is 4.99. The van der Waals surface area contributed by atoms with Crippen LogP contribution < -0.4 is 28.7 Å². The Balaban J connectivity index is 0. The topological polar surface area (TPSA) is 128 Å². The predicted octanol–water partition coefficient (Wildman–Crippen LogP) is -1.81. The number of amides is 2. The number of hydrogen-bond donors (Lipinski definition) is 5. The van der Waals surface area contributed by atoms with Crippen LogP contribution in [-0.4, -0.2) is 6.03 Å². The van der Waals surface area contributed by atoms with Crippen molar-refractivity contribution in [3.8, 4) is 0 Å². The van der Waals surface area contributed by atoms with Crippen molar-refractivity contribution in [2.24, 2.45) is 11.7 Å². The van der Waals surface area contributed by atoms with Crippen LogP contribution in [0.25, 0.3) is 0 Å². The van der Waals surface area contributed by atoms with Gasteiger partial charge >= 0.3 is 6.03 Å². The number of hydrogen-bond acceptors (Lipinski definition) is 4. The molecular formula is CH9N5O. The van der Waals surface area contributed by atoms with Crippen LogP contribution in [0.5, 0.6) is 0 Å². The summed E-state index contributed by atoms with van der Waals surface area (Å²) >= 11 is 0. The molecule has 0 bridgehead atoms. The van der Waals surface area contributed by atoms with Crippen LogP contribution in [-0.2, 0) is 0 Å². The first-order valence-corrected chi connectivity index (χ1v) is 1.28. The van der Waals surface area contributed by atoms with Crippen molar-refractivity contribution in [3.63, 3.8) is 0 Å². The molecular weight excluding hydrogens is 98.0 g/mol. The maximum Gasteiger partial charge on any atom is 0.343 e. The van der Waals surface area contributed by atoms with Crippen LogP contribution >= 0.6 is 0 Å². The van der Waals surface area contributed by atoms with E-state index in [2.05, 4.69) is 11.7 Å². The van der Waals surface area contributed by atoms with E-state index in [1.807, 2.05) is 0 Å². The second-order valence-corrected chi connectivity index (χ2v) is 0.618. The summed E-state index contributed by atoms with van der Waals surface area (Å²) in [5, 5.41) is 0. The van der Waals surface area contributed by atoms with Gasteiger partial charge in [0.2, 0.25) is 0 Å². The third-order valence-corrected chi connectivity index (χ3v) is 0.262. The molecule has 0 saturated carbocycles. The van der Waals surface area contributed by atoms with Crippen molar-refractivity contribution in [3.05, 3.63) is 0 Å². The van der Waals surface area contributed by atoms with Crippen LogP contribution in [0.4, 0.5) is 4.79 Å². The molecule has 44 valence electrons. The Bertz CT molecular complexity index is 46.0. The second-order valence-electron chi connectivity index (χ2n) is 0.618. The minimum absolute atomic E-state index is 0. The normalized spacial score (nSPS) is 6.00. The first kappa shape index (κ1) is 9.47. The van der Waals surface area contributed by atoms with Gasteiger partial charge in [0.05, 0.1) is 0 Å². The molecule has 6 nitrogen and oxygen atoms in total. The number of nitrogens with one attached hydrogen (secondary N) is 2. The van der Waals surface area contributed by atoms with E-state index in [4.69, 9.17) is 0 Å². The molecule has 0 aromatic rings. The smallest absolute Gasteiger partial charge is 0.343 e. The summed E-state index contributed by atoms with van der Waals surface area (Å²) in [5.74, 6) is 9.08. The van der Waals surface area contributed by atoms with Crippen molar-refractivity contribution in [1.82, 2.24) is 17.0 Å². The summed E-state index contributed by atoms with van der Waals surface area (Å²) in [6.07, 6.45) is 0. The Morgan fingerprint density at radius 3 is 1.57 bits per heavy atom. The van der Waals surface area contributed by atoms with Gasteiger partial charge in [-0.1, -0.05) is 0 Å². The van der Waals surface area contributed by atoms with Gasteiger partial charge in [-0.2, -0.15) is 0 Å². The first-order valence-electron chi connectivity index (χ1n) is 1.28. The largest absolute Gasteiger partial charge is 0.344 e. The predicted molar refractivity (Wildman–Crippen MR) is 25.1 cm³/mol. The van der Waals surface area contributed by atoms with Gasteiger partial charge in [-0.25, -0.2) is 16.5 Å². The Kier molecular flexibility index (Phi) is 6.97. The lowest BCUT2D eigenvalue weighted by atomic mass is 11.1. The first-order chi connectivity index (χ1) is 2.81. The quantitative estimate of drug-likeness (QED) is 0.142. The lowest BCUT2D eigenvalue weighted by Gasteiger charge is -1.90. The average Bonchev–Trinajstić information content (AvgIpc) is 1.65. The lowest BCUT2D eigenvalue weighted by molar-refractivity contribution is 0.241. The fourth-order valence-corrected chi connectivity index (χ4v) is 0.0417. The SMILES string of the molecule is N.NNC(=O)NN. The molecule has 0 saturated heterocycles. The lowest BCUT2D eigenvalue weighted by Crippen LogP contribution is -2.43. The molecule has 0 radical (unpaired) electrons. The molecule has 2 amide bonds. The molecule has 0 heterocycles. The van der Waals surface area contributed by atoms with Crippen molar-refractivity contribution in [1.29, 1.82) is 0 Å². The molecule has 6 heteroatoms. The van der Waals surface area contributed by atoms with Crippen LogP contribution in [0.15, 0.2) is 0 Å². The summed E-state index contributed by atoms with van der Waals surface area (Å²) in [4.78, 5) is 9.71. The van der Waals surface area contributed by atoms with E-state index < -0.39 is 6.03 Å². The molecule has 0 aliphatic heterocycles. The van der Waals surface area contributed by atoms with Gasteiger partial charge in [0.1, 0.15) is 0 Å². The minimum atomic E-state index is -0.602. The molecule has 0 aromatic carbocycles. The Morgan fingerprint density at radius 1 is 1.29 bits per heavy atom. The molecule has 0 aliphatic carbocycles. The van der Waals surface area contributed by atoms with E-state index in [1.165, 1.54) is 0 Å². The van der Waals surface area contributed by atoms with Crippen LogP contribution in [0.3, 0.4) is 0 Å². The molecule has 0 unspecified atom stereocenters. The van der Waals surface area contributed by atoms with Gasteiger partial charge < -0.3 is 6.15 Å². The fraction of sp³-hybridized carbons (Fsp3) is 0. The van der Waals surface area contributed by atoms with Crippen LogP contribution in [0.2, 0.25) is 0 Å². The maximum atomic E-state index is 9.71. The fourth-order valence-electron chi connectivity index (χ4n) is 0.0417. The van der Waals surface area contributed by atoms with E-state index in [0.29, 0.717) is 0 Å². The number of urea groups is 1. The van der Waals surface area contributed by atoms with E-state index >= 15 is 0 Å². The summed E-state index contributed by atoms with van der Waals surface area (Å²) < 4.78 is 0. The zero-order valence-corrected chi connectivity index (χ0v) is 3.77. The maximum absolute atomic E-state index is 9.71. The molecule has 0 aromatic heterocycles. The van der Waals surface area contributed by atoms with Gasteiger partial charge in [-0.3, -0.25) is 10.9 Å². The van der Waals surface area contributed by atoms with Gasteiger partial charge in [-0.15, -0.1) is 0 Å². The molecule has 0 fully saturated rings. The third-order valence-electron chi connectivity index (χ3n) is 0.262. The van der Waals surface area contributed by atoms with E-state index in [1.54, 1.807) is 10.9 Å². The second kappa shape index (κ2) is 5.15. The monoisotopic (exact) mass is 107 g/mol. The summed E-state index contributed by atoms with van der Waals surface area (Å²) in [6, 6.07) is -0.602. The third kappa shape index (κ3) is 5.15. The Labute approximate surface area is 40.8 Å². The summed E-state index contributed by atoms with van der Waals surface area (Å²) in [5.41, 5.74) is 3.48. The highest BCUT2D eigenvalue weighted by atomic mass is 16.2. The van der Waals surface area contributed by atoms with Gasteiger partial charge in [0, 0.05) is 0 Å². The van der Waals surface area contributed by atoms with Gasteiger partial charge in [-0.05, 0) is 0 Å². The number of carbonyl (C=O) groups is 1. The van der Waals surface area contributed by atoms with Gasteiger partial charge in [0.25, 0.3) is 0 Å². The molecule has 7 heavy (non-hydrogen) atoms.